The molecule has 4 nitrogen and oxygen atoms in total. The molecule has 1 aromatic heterocycles. The van der Waals surface area contributed by atoms with Gasteiger partial charge in [-0.2, -0.15) is 11.3 Å². The fourth-order valence-electron chi connectivity index (χ4n) is 2.41. The lowest BCUT2D eigenvalue weighted by Crippen LogP contribution is -2.52. The molecule has 100 valence electrons. The summed E-state index contributed by atoms with van der Waals surface area (Å²) in [6.07, 6.45) is 0.918. The maximum Gasteiger partial charge on any atom is 0.236 e. The molecule has 0 spiro atoms. The minimum absolute atomic E-state index is 0.0795. The zero-order chi connectivity index (χ0) is 13.1. The summed E-state index contributed by atoms with van der Waals surface area (Å²) >= 11 is 1.68. The van der Waals surface area contributed by atoms with Crippen LogP contribution in [0.15, 0.2) is 16.8 Å². The smallest absolute Gasteiger partial charge is 0.236 e. The molecule has 1 aliphatic heterocycles. The van der Waals surface area contributed by atoms with Crippen LogP contribution in [0.2, 0.25) is 0 Å². The summed E-state index contributed by atoms with van der Waals surface area (Å²) in [5.41, 5.74) is 7.50. The van der Waals surface area contributed by atoms with E-state index in [9.17, 15) is 4.79 Å². The van der Waals surface area contributed by atoms with Crippen molar-refractivity contribution in [2.45, 2.75) is 25.4 Å². The number of carbonyl (C=O) groups excluding carboxylic acids is 1. The molecule has 1 aliphatic rings. The number of nitrogens with zero attached hydrogens (tertiary/aromatic N) is 2. The average Bonchev–Trinajstić information content (AvgIpc) is 2.87. The van der Waals surface area contributed by atoms with Gasteiger partial charge in [-0.3, -0.25) is 9.69 Å². The van der Waals surface area contributed by atoms with E-state index in [1.54, 1.807) is 16.2 Å². The van der Waals surface area contributed by atoms with Crippen molar-refractivity contribution in [3.8, 4) is 0 Å². The van der Waals surface area contributed by atoms with Gasteiger partial charge in [-0.05, 0) is 28.8 Å². The van der Waals surface area contributed by atoms with Gasteiger partial charge in [-0.25, -0.2) is 0 Å². The number of thiophene rings is 1. The van der Waals surface area contributed by atoms with Crippen LogP contribution in [0, 0.1) is 0 Å². The Morgan fingerprint density at radius 1 is 1.50 bits per heavy atom. The van der Waals surface area contributed by atoms with Gasteiger partial charge >= 0.3 is 0 Å². The molecule has 0 radical (unpaired) electrons. The lowest BCUT2D eigenvalue weighted by atomic mass is 9.98. The molecule has 2 rings (SSSR count). The van der Waals surface area contributed by atoms with E-state index in [4.69, 9.17) is 5.73 Å². The second-order valence-corrected chi connectivity index (χ2v) is 5.64. The molecule has 1 amide bonds. The molecule has 5 heteroatoms. The SMILES string of the molecule is CCC(N)C(c1ccsc1)N1CCN(C)C(=O)C1. The van der Waals surface area contributed by atoms with E-state index < -0.39 is 0 Å². The van der Waals surface area contributed by atoms with Crippen molar-refractivity contribution in [3.63, 3.8) is 0 Å². The molecule has 2 unspecified atom stereocenters. The fourth-order valence-corrected chi connectivity index (χ4v) is 3.10. The first-order valence-corrected chi connectivity index (χ1v) is 7.33. The van der Waals surface area contributed by atoms with Gasteiger partial charge in [0.15, 0.2) is 0 Å². The zero-order valence-corrected chi connectivity index (χ0v) is 11.8. The minimum atomic E-state index is 0.0795. The van der Waals surface area contributed by atoms with Crippen LogP contribution in [0.5, 0.6) is 0 Å². The summed E-state index contributed by atoms with van der Waals surface area (Å²) in [5.74, 6) is 0.185. The van der Waals surface area contributed by atoms with E-state index in [1.807, 2.05) is 7.05 Å². The Hall–Kier alpha value is -0.910. The maximum atomic E-state index is 11.8. The third-order valence-electron chi connectivity index (χ3n) is 3.64. The first-order chi connectivity index (χ1) is 8.63. The highest BCUT2D eigenvalue weighted by Crippen LogP contribution is 2.27. The summed E-state index contributed by atoms with van der Waals surface area (Å²) in [6.45, 7) is 4.26. The van der Waals surface area contributed by atoms with E-state index >= 15 is 0 Å². The molecule has 2 atom stereocenters. The topological polar surface area (TPSA) is 49.6 Å². The molecule has 0 aromatic carbocycles. The second kappa shape index (κ2) is 5.82. The molecule has 18 heavy (non-hydrogen) atoms. The lowest BCUT2D eigenvalue weighted by Gasteiger charge is -2.39. The van der Waals surface area contributed by atoms with Crippen LogP contribution in [0.4, 0.5) is 0 Å². The van der Waals surface area contributed by atoms with Crippen molar-refractivity contribution in [1.29, 1.82) is 0 Å². The predicted octanol–water partition coefficient (Wildman–Crippen LogP) is 1.30. The van der Waals surface area contributed by atoms with Crippen molar-refractivity contribution in [2.75, 3.05) is 26.7 Å². The predicted molar refractivity (Wildman–Crippen MR) is 74.5 cm³/mol. The van der Waals surface area contributed by atoms with Crippen molar-refractivity contribution >= 4 is 17.2 Å². The number of nitrogens with two attached hydrogens (primary N) is 1. The van der Waals surface area contributed by atoms with Gasteiger partial charge in [0, 0.05) is 26.2 Å². The number of amides is 1. The van der Waals surface area contributed by atoms with E-state index in [0.717, 1.165) is 19.5 Å². The normalized spacial score (nSPS) is 21.1. The maximum absolute atomic E-state index is 11.8. The van der Waals surface area contributed by atoms with Gasteiger partial charge in [-0.15, -0.1) is 0 Å². The third-order valence-corrected chi connectivity index (χ3v) is 4.34. The molecule has 1 saturated heterocycles. The van der Waals surface area contributed by atoms with Gasteiger partial charge in [0.1, 0.15) is 0 Å². The van der Waals surface area contributed by atoms with Crippen molar-refractivity contribution in [3.05, 3.63) is 22.4 Å². The van der Waals surface area contributed by atoms with Crippen molar-refractivity contribution in [1.82, 2.24) is 9.80 Å². The van der Waals surface area contributed by atoms with Crippen LogP contribution >= 0.6 is 11.3 Å². The second-order valence-electron chi connectivity index (χ2n) is 4.86. The monoisotopic (exact) mass is 267 g/mol. The Morgan fingerprint density at radius 2 is 2.28 bits per heavy atom. The Bertz CT molecular complexity index is 393. The van der Waals surface area contributed by atoms with Gasteiger partial charge < -0.3 is 10.6 Å². The summed E-state index contributed by atoms with van der Waals surface area (Å²) in [5, 5.41) is 4.21. The van der Waals surface area contributed by atoms with Crippen LogP contribution < -0.4 is 5.73 Å². The van der Waals surface area contributed by atoms with Gasteiger partial charge in [0.2, 0.25) is 5.91 Å². The van der Waals surface area contributed by atoms with Crippen molar-refractivity contribution < 1.29 is 4.79 Å². The molecule has 0 aliphatic carbocycles. The third kappa shape index (κ3) is 2.74. The Kier molecular flexibility index (Phi) is 4.37. The number of hydrogen-bond donors (Lipinski definition) is 1. The number of rotatable bonds is 4. The van der Waals surface area contributed by atoms with Gasteiger partial charge in [0.05, 0.1) is 12.6 Å². The summed E-state index contributed by atoms with van der Waals surface area (Å²) in [7, 11) is 1.86. The van der Waals surface area contributed by atoms with Crippen LogP contribution in [0.1, 0.15) is 24.9 Å². The number of carbonyl (C=O) groups is 1. The van der Waals surface area contributed by atoms with E-state index in [2.05, 4.69) is 28.7 Å². The van der Waals surface area contributed by atoms with Gasteiger partial charge in [-0.1, -0.05) is 6.92 Å². The summed E-state index contributed by atoms with van der Waals surface area (Å²) in [6, 6.07) is 2.36. The average molecular weight is 267 g/mol. The highest BCUT2D eigenvalue weighted by molar-refractivity contribution is 7.07. The van der Waals surface area contributed by atoms with E-state index in [-0.39, 0.29) is 18.0 Å². The number of likely N-dealkylation sites (N-methyl/N-ethyl adjacent to an activating group) is 1. The molecule has 2 heterocycles. The van der Waals surface area contributed by atoms with Crippen LogP contribution in [0.25, 0.3) is 0 Å². The first-order valence-electron chi connectivity index (χ1n) is 6.39. The number of piperazine rings is 1. The van der Waals surface area contributed by atoms with E-state index in [0.29, 0.717) is 6.54 Å². The number of hydrogen-bond acceptors (Lipinski definition) is 4. The first kappa shape index (κ1) is 13.5. The molecule has 1 aromatic rings. The van der Waals surface area contributed by atoms with E-state index in [1.165, 1.54) is 5.56 Å². The Morgan fingerprint density at radius 3 is 2.83 bits per heavy atom. The molecular weight excluding hydrogens is 246 g/mol. The molecule has 0 saturated carbocycles. The largest absolute Gasteiger partial charge is 0.343 e. The highest BCUT2D eigenvalue weighted by Gasteiger charge is 2.31. The summed E-state index contributed by atoms with van der Waals surface area (Å²) < 4.78 is 0. The molecule has 2 N–H and O–H groups in total. The van der Waals surface area contributed by atoms with Crippen LogP contribution in [-0.4, -0.2) is 48.4 Å². The van der Waals surface area contributed by atoms with Crippen molar-refractivity contribution in [2.24, 2.45) is 5.73 Å². The van der Waals surface area contributed by atoms with Crippen LogP contribution in [-0.2, 0) is 4.79 Å². The Labute approximate surface area is 112 Å². The standard InChI is InChI=1S/C13H21N3OS/c1-3-11(14)13(10-4-7-18-9-10)16-6-5-15(2)12(17)8-16/h4,7,9,11,13H,3,5-6,8,14H2,1-2H3. The Balaban J connectivity index is 2.17. The minimum Gasteiger partial charge on any atom is -0.343 e. The summed E-state index contributed by atoms with van der Waals surface area (Å²) in [4.78, 5) is 15.8. The molecule has 1 fully saturated rings. The quantitative estimate of drug-likeness (QED) is 0.894. The molecular formula is C13H21N3OS. The highest BCUT2D eigenvalue weighted by atomic mass is 32.1. The lowest BCUT2D eigenvalue weighted by molar-refractivity contribution is -0.135. The molecule has 0 bridgehead atoms. The zero-order valence-electron chi connectivity index (χ0n) is 11.0. The van der Waals surface area contributed by atoms with Crippen LogP contribution in [0.3, 0.4) is 0 Å². The van der Waals surface area contributed by atoms with Gasteiger partial charge in [0.25, 0.3) is 0 Å². The fraction of sp³-hybridized carbons (Fsp3) is 0.615.